The standard InChI is InChI=1S/C27H28N6O2/c1-17-5-7-22(26(34)29-16-19-4-3-11-28-15-19)25(30-17)20-9-12-33(13-10-20)27(35)21-6-8-23-24(14-21)32-18(2)31-23/h3-8,11,14-15,20H,9-10,12-13,16H2,1-2H3,(H,29,34)(H,31,32). The van der Waals surface area contributed by atoms with E-state index in [1.807, 2.05) is 61.2 Å². The second-order valence-corrected chi connectivity index (χ2v) is 9.05. The number of pyridine rings is 2. The fraction of sp³-hybridized carbons (Fsp3) is 0.296. The Hall–Kier alpha value is -4.07. The minimum atomic E-state index is -0.141. The molecule has 0 unspecified atom stereocenters. The zero-order valence-electron chi connectivity index (χ0n) is 19.9. The lowest BCUT2D eigenvalue weighted by Gasteiger charge is -2.32. The van der Waals surface area contributed by atoms with Gasteiger partial charge in [0.2, 0.25) is 0 Å². The van der Waals surface area contributed by atoms with Gasteiger partial charge in [-0.3, -0.25) is 19.6 Å². The second-order valence-electron chi connectivity index (χ2n) is 9.05. The summed E-state index contributed by atoms with van der Waals surface area (Å²) in [4.78, 5) is 44.5. The molecule has 1 aliphatic heterocycles. The summed E-state index contributed by atoms with van der Waals surface area (Å²) in [5.41, 5.74) is 5.62. The number of imidazole rings is 1. The molecule has 8 heteroatoms. The number of piperidine rings is 1. The highest BCUT2D eigenvalue weighted by Gasteiger charge is 2.28. The van der Waals surface area contributed by atoms with E-state index in [2.05, 4.69) is 20.3 Å². The molecule has 3 aromatic heterocycles. The van der Waals surface area contributed by atoms with E-state index in [0.717, 1.165) is 46.7 Å². The van der Waals surface area contributed by atoms with Crippen LogP contribution in [-0.2, 0) is 6.54 Å². The summed E-state index contributed by atoms with van der Waals surface area (Å²) in [7, 11) is 0. The van der Waals surface area contributed by atoms with Gasteiger partial charge in [0.15, 0.2) is 0 Å². The van der Waals surface area contributed by atoms with Gasteiger partial charge in [-0.05, 0) is 68.7 Å². The van der Waals surface area contributed by atoms with Crippen molar-refractivity contribution in [2.75, 3.05) is 13.1 Å². The molecular weight excluding hydrogens is 440 g/mol. The Morgan fingerprint density at radius 1 is 1.09 bits per heavy atom. The number of hydrogen-bond donors (Lipinski definition) is 2. The molecule has 0 atom stereocenters. The van der Waals surface area contributed by atoms with Crippen molar-refractivity contribution in [3.63, 3.8) is 0 Å². The average molecular weight is 469 g/mol. The van der Waals surface area contributed by atoms with Crippen LogP contribution in [0.1, 0.15) is 62.3 Å². The maximum Gasteiger partial charge on any atom is 0.253 e. The number of hydrogen-bond acceptors (Lipinski definition) is 5. The van der Waals surface area contributed by atoms with E-state index in [9.17, 15) is 9.59 Å². The van der Waals surface area contributed by atoms with Gasteiger partial charge >= 0.3 is 0 Å². The SMILES string of the molecule is Cc1ccc(C(=O)NCc2cccnc2)c(C2CCN(C(=O)c3ccc4nc(C)[nH]c4c3)CC2)n1. The van der Waals surface area contributed by atoms with Crippen molar-refractivity contribution in [2.24, 2.45) is 0 Å². The number of nitrogens with zero attached hydrogens (tertiary/aromatic N) is 4. The van der Waals surface area contributed by atoms with Crippen molar-refractivity contribution in [1.82, 2.24) is 30.2 Å². The van der Waals surface area contributed by atoms with E-state index in [4.69, 9.17) is 4.98 Å². The Labute approximate surface area is 203 Å². The summed E-state index contributed by atoms with van der Waals surface area (Å²) in [6, 6.07) is 13.1. The maximum absolute atomic E-state index is 13.1. The first kappa shape index (κ1) is 22.7. The van der Waals surface area contributed by atoms with Crippen LogP contribution in [0.3, 0.4) is 0 Å². The number of likely N-dealkylation sites (tertiary alicyclic amines) is 1. The third kappa shape index (κ3) is 4.91. The van der Waals surface area contributed by atoms with E-state index in [-0.39, 0.29) is 17.7 Å². The zero-order chi connectivity index (χ0) is 24.4. The molecule has 178 valence electrons. The lowest BCUT2D eigenvalue weighted by Crippen LogP contribution is -2.38. The van der Waals surface area contributed by atoms with Crippen LogP contribution in [-0.4, -0.2) is 49.7 Å². The van der Waals surface area contributed by atoms with E-state index in [0.29, 0.717) is 30.8 Å². The molecule has 1 aliphatic rings. The summed E-state index contributed by atoms with van der Waals surface area (Å²) < 4.78 is 0. The highest BCUT2D eigenvalue weighted by Crippen LogP contribution is 2.30. The normalized spacial score (nSPS) is 14.3. The van der Waals surface area contributed by atoms with Gasteiger partial charge in [0.05, 0.1) is 22.3 Å². The van der Waals surface area contributed by atoms with Crippen molar-refractivity contribution in [3.8, 4) is 0 Å². The Balaban J connectivity index is 1.27. The van der Waals surface area contributed by atoms with Gasteiger partial charge in [-0.1, -0.05) is 6.07 Å². The van der Waals surface area contributed by atoms with Crippen molar-refractivity contribution in [2.45, 2.75) is 39.2 Å². The van der Waals surface area contributed by atoms with Crippen molar-refractivity contribution in [1.29, 1.82) is 0 Å². The summed E-state index contributed by atoms with van der Waals surface area (Å²) in [6.45, 7) is 5.49. The summed E-state index contributed by atoms with van der Waals surface area (Å²) >= 11 is 0. The van der Waals surface area contributed by atoms with E-state index < -0.39 is 0 Å². The number of aromatic amines is 1. The van der Waals surface area contributed by atoms with Gasteiger partial charge < -0.3 is 15.2 Å². The first-order valence-electron chi connectivity index (χ1n) is 11.9. The molecule has 0 radical (unpaired) electrons. The Kier molecular flexibility index (Phi) is 6.27. The monoisotopic (exact) mass is 468 g/mol. The number of nitrogens with one attached hydrogen (secondary N) is 2. The highest BCUT2D eigenvalue weighted by atomic mass is 16.2. The van der Waals surface area contributed by atoms with Crippen LogP contribution in [0.25, 0.3) is 11.0 Å². The zero-order valence-corrected chi connectivity index (χ0v) is 19.9. The van der Waals surface area contributed by atoms with Crippen LogP contribution >= 0.6 is 0 Å². The van der Waals surface area contributed by atoms with Crippen LogP contribution in [0.5, 0.6) is 0 Å². The van der Waals surface area contributed by atoms with E-state index in [1.54, 1.807) is 12.4 Å². The quantitative estimate of drug-likeness (QED) is 0.462. The molecule has 8 nitrogen and oxygen atoms in total. The van der Waals surface area contributed by atoms with Gasteiger partial charge in [0, 0.05) is 49.2 Å². The number of amides is 2. The maximum atomic E-state index is 13.1. The molecule has 0 bridgehead atoms. The third-order valence-electron chi connectivity index (χ3n) is 6.50. The Morgan fingerprint density at radius 2 is 1.91 bits per heavy atom. The number of fused-ring (bicyclic) bond motifs is 1. The Bertz CT molecular complexity index is 1370. The van der Waals surface area contributed by atoms with Crippen LogP contribution < -0.4 is 5.32 Å². The van der Waals surface area contributed by atoms with Crippen LogP contribution in [0.15, 0.2) is 54.9 Å². The molecule has 0 spiro atoms. The minimum Gasteiger partial charge on any atom is -0.348 e. The Morgan fingerprint density at radius 3 is 2.69 bits per heavy atom. The van der Waals surface area contributed by atoms with Gasteiger partial charge in [-0.25, -0.2) is 4.98 Å². The summed E-state index contributed by atoms with van der Waals surface area (Å²) in [5, 5.41) is 2.99. The van der Waals surface area contributed by atoms with Gasteiger partial charge in [0.1, 0.15) is 5.82 Å². The molecule has 1 saturated heterocycles. The number of benzene rings is 1. The molecule has 35 heavy (non-hydrogen) atoms. The van der Waals surface area contributed by atoms with E-state index in [1.165, 1.54) is 0 Å². The van der Waals surface area contributed by atoms with Gasteiger partial charge in [-0.2, -0.15) is 0 Å². The second kappa shape index (κ2) is 9.66. The van der Waals surface area contributed by atoms with Crippen molar-refractivity contribution < 1.29 is 9.59 Å². The largest absolute Gasteiger partial charge is 0.348 e. The predicted octanol–water partition coefficient (Wildman–Crippen LogP) is 3.92. The smallest absolute Gasteiger partial charge is 0.253 e. The first-order chi connectivity index (χ1) is 17.0. The molecule has 5 rings (SSSR count). The minimum absolute atomic E-state index is 0.0178. The molecule has 1 aromatic carbocycles. The number of aromatic nitrogens is 4. The molecule has 4 heterocycles. The summed E-state index contributed by atoms with van der Waals surface area (Å²) in [6.07, 6.45) is 4.97. The van der Waals surface area contributed by atoms with Gasteiger partial charge in [-0.15, -0.1) is 0 Å². The molecule has 0 saturated carbocycles. The van der Waals surface area contributed by atoms with Crippen molar-refractivity contribution >= 4 is 22.8 Å². The van der Waals surface area contributed by atoms with Crippen molar-refractivity contribution in [3.05, 3.63) is 88.8 Å². The average Bonchev–Trinajstić information content (AvgIpc) is 3.26. The first-order valence-corrected chi connectivity index (χ1v) is 11.9. The molecule has 1 fully saturated rings. The van der Waals surface area contributed by atoms with Gasteiger partial charge in [0.25, 0.3) is 11.8 Å². The molecular formula is C27H28N6O2. The summed E-state index contributed by atoms with van der Waals surface area (Å²) in [5.74, 6) is 0.828. The number of H-pyrrole nitrogens is 1. The molecule has 2 amide bonds. The topological polar surface area (TPSA) is 104 Å². The number of carbonyl (C=O) groups excluding carboxylic acids is 2. The lowest BCUT2D eigenvalue weighted by atomic mass is 9.89. The fourth-order valence-corrected chi connectivity index (χ4v) is 4.67. The van der Waals surface area contributed by atoms with Crippen LogP contribution in [0, 0.1) is 13.8 Å². The molecule has 4 aromatic rings. The fourth-order valence-electron chi connectivity index (χ4n) is 4.67. The molecule has 0 aliphatic carbocycles. The highest BCUT2D eigenvalue weighted by molar-refractivity contribution is 5.97. The lowest BCUT2D eigenvalue weighted by molar-refractivity contribution is 0.0710. The van der Waals surface area contributed by atoms with E-state index >= 15 is 0 Å². The van der Waals surface area contributed by atoms with Crippen LogP contribution in [0.2, 0.25) is 0 Å². The number of rotatable bonds is 5. The third-order valence-corrected chi connectivity index (χ3v) is 6.50. The van der Waals surface area contributed by atoms with Crippen LogP contribution in [0.4, 0.5) is 0 Å². The number of aryl methyl sites for hydroxylation is 2. The molecule has 2 N–H and O–H groups in total. The predicted molar refractivity (Wildman–Crippen MR) is 133 cm³/mol. The number of carbonyl (C=O) groups is 2.